The number of nitrogens with zero attached hydrogens (tertiary/aromatic N) is 3. The number of guanidine groups is 1. The fourth-order valence-corrected chi connectivity index (χ4v) is 2.52. The van der Waals surface area contributed by atoms with E-state index in [2.05, 4.69) is 66.3 Å². The van der Waals surface area contributed by atoms with Crippen LogP contribution in [0.15, 0.2) is 47.6 Å². The normalized spacial score (nSPS) is 11.1. The van der Waals surface area contributed by atoms with E-state index < -0.39 is 0 Å². The van der Waals surface area contributed by atoms with Gasteiger partial charge in [-0.2, -0.15) is 0 Å². The first-order valence-electron chi connectivity index (χ1n) is 7.94. The summed E-state index contributed by atoms with van der Waals surface area (Å²) in [6.45, 7) is 4.53. The molecule has 4 nitrogen and oxygen atoms in total. The molecule has 0 spiro atoms. The van der Waals surface area contributed by atoms with Crippen LogP contribution in [0.4, 0.5) is 0 Å². The lowest BCUT2D eigenvalue weighted by Gasteiger charge is -2.22. The van der Waals surface area contributed by atoms with Crippen LogP contribution in [0, 0.1) is 0 Å². The summed E-state index contributed by atoms with van der Waals surface area (Å²) >= 11 is 5.91. The summed E-state index contributed by atoms with van der Waals surface area (Å²) in [4.78, 5) is 6.88. The maximum atomic E-state index is 5.91. The van der Waals surface area contributed by atoms with Crippen molar-refractivity contribution in [3.05, 3.63) is 58.9 Å². The van der Waals surface area contributed by atoms with E-state index >= 15 is 0 Å². The fourth-order valence-electron chi connectivity index (χ4n) is 2.39. The summed E-state index contributed by atoms with van der Waals surface area (Å²) in [5.41, 5.74) is 2.51. The smallest absolute Gasteiger partial charge is 0.194 e. The lowest BCUT2D eigenvalue weighted by molar-refractivity contribution is 0.462. The second-order valence-corrected chi connectivity index (χ2v) is 6.02. The Bertz CT molecular complexity index is 637. The Morgan fingerprint density at radius 1 is 1.25 bits per heavy atom. The topological polar surface area (TPSA) is 32.6 Å². The molecular weight excluding hydrogens is 435 g/mol. The van der Waals surface area contributed by atoms with Gasteiger partial charge in [0.2, 0.25) is 0 Å². The maximum absolute atomic E-state index is 5.91. The number of halogens is 2. The van der Waals surface area contributed by atoms with Gasteiger partial charge < -0.3 is 14.8 Å². The summed E-state index contributed by atoms with van der Waals surface area (Å²) in [7, 11) is 4.13. The van der Waals surface area contributed by atoms with Gasteiger partial charge in [-0.3, -0.25) is 4.99 Å². The van der Waals surface area contributed by atoms with Crippen LogP contribution in [0.25, 0.3) is 0 Å². The molecule has 0 unspecified atom stereocenters. The van der Waals surface area contributed by atoms with Gasteiger partial charge in [0.15, 0.2) is 5.96 Å². The molecule has 0 atom stereocenters. The Hall–Kier alpha value is -1.21. The van der Waals surface area contributed by atoms with Crippen molar-refractivity contribution in [2.75, 3.05) is 20.1 Å². The molecule has 0 radical (unpaired) electrons. The summed E-state index contributed by atoms with van der Waals surface area (Å²) in [6, 6.07) is 12.2. The maximum Gasteiger partial charge on any atom is 0.194 e. The first-order valence-corrected chi connectivity index (χ1v) is 8.32. The predicted octanol–water partition coefficient (Wildman–Crippen LogP) is 3.94. The zero-order valence-corrected chi connectivity index (χ0v) is 17.6. The molecule has 1 heterocycles. The molecule has 0 saturated heterocycles. The van der Waals surface area contributed by atoms with Crippen LogP contribution >= 0.6 is 35.6 Å². The Balaban J connectivity index is 0.00000288. The molecule has 1 aromatic carbocycles. The molecule has 0 amide bonds. The van der Waals surface area contributed by atoms with Crippen molar-refractivity contribution < 1.29 is 0 Å². The molecule has 132 valence electrons. The average Bonchev–Trinajstić information content (AvgIpc) is 2.93. The van der Waals surface area contributed by atoms with Gasteiger partial charge in [0.05, 0.1) is 6.54 Å². The molecule has 0 aliphatic carbocycles. The fraction of sp³-hybridized carbons (Fsp3) is 0.389. The molecule has 0 aliphatic rings. The standard InChI is InChI=1S/C18H25ClN4.HI/c1-4-20-18(23(3)14-17-6-5-13-22(17)2)21-12-11-15-7-9-16(19)10-8-15;/h5-10,13H,4,11-12,14H2,1-3H3,(H,20,21);1H. The number of benzene rings is 1. The van der Waals surface area contributed by atoms with Gasteiger partial charge in [-0.15, -0.1) is 24.0 Å². The van der Waals surface area contributed by atoms with Gasteiger partial charge in [-0.05, 0) is 43.2 Å². The van der Waals surface area contributed by atoms with Crippen molar-refractivity contribution >= 4 is 41.5 Å². The zero-order chi connectivity index (χ0) is 16.7. The Labute approximate surface area is 166 Å². The number of rotatable bonds is 6. The molecule has 0 fully saturated rings. The second-order valence-electron chi connectivity index (χ2n) is 5.58. The van der Waals surface area contributed by atoms with E-state index in [1.54, 1.807) is 0 Å². The van der Waals surface area contributed by atoms with E-state index in [1.807, 2.05) is 12.1 Å². The van der Waals surface area contributed by atoms with Crippen LogP contribution in [-0.2, 0) is 20.0 Å². The highest BCUT2D eigenvalue weighted by Gasteiger charge is 2.08. The van der Waals surface area contributed by atoms with Crippen LogP contribution in [0.1, 0.15) is 18.2 Å². The lowest BCUT2D eigenvalue weighted by atomic mass is 10.1. The number of hydrogen-bond acceptors (Lipinski definition) is 1. The quantitative estimate of drug-likeness (QED) is 0.402. The highest BCUT2D eigenvalue weighted by atomic mass is 127. The van der Waals surface area contributed by atoms with Crippen molar-refractivity contribution in [3.8, 4) is 0 Å². The third-order valence-electron chi connectivity index (χ3n) is 3.72. The summed E-state index contributed by atoms with van der Waals surface area (Å²) in [6.07, 6.45) is 2.97. The summed E-state index contributed by atoms with van der Waals surface area (Å²) < 4.78 is 2.13. The molecule has 0 bridgehead atoms. The molecule has 1 N–H and O–H groups in total. The largest absolute Gasteiger partial charge is 0.357 e. The van der Waals surface area contributed by atoms with Gasteiger partial charge in [-0.25, -0.2) is 0 Å². The minimum Gasteiger partial charge on any atom is -0.357 e. The monoisotopic (exact) mass is 460 g/mol. The third-order valence-corrected chi connectivity index (χ3v) is 3.97. The van der Waals surface area contributed by atoms with E-state index in [4.69, 9.17) is 16.6 Å². The van der Waals surface area contributed by atoms with E-state index in [1.165, 1.54) is 11.3 Å². The highest BCUT2D eigenvalue weighted by Crippen LogP contribution is 2.10. The molecule has 2 aromatic rings. The molecule has 2 rings (SSSR count). The predicted molar refractivity (Wildman–Crippen MR) is 113 cm³/mol. The Morgan fingerprint density at radius 2 is 1.96 bits per heavy atom. The summed E-state index contributed by atoms with van der Waals surface area (Å²) in [5, 5.41) is 4.13. The van der Waals surface area contributed by atoms with Crippen LogP contribution < -0.4 is 5.32 Å². The van der Waals surface area contributed by atoms with Gasteiger partial charge in [0.1, 0.15) is 0 Å². The lowest BCUT2D eigenvalue weighted by Crippen LogP contribution is -2.39. The second kappa shape index (κ2) is 10.6. The van der Waals surface area contributed by atoms with Crippen LogP contribution in [0.2, 0.25) is 5.02 Å². The first kappa shape index (κ1) is 20.8. The highest BCUT2D eigenvalue weighted by molar-refractivity contribution is 14.0. The Kier molecular flexibility index (Phi) is 9.21. The zero-order valence-electron chi connectivity index (χ0n) is 14.5. The van der Waals surface area contributed by atoms with E-state index in [-0.39, 0.29) is 24.0 Å². The van der Waals surface area contributed by atoms with Crippen molar-refractivity contribution in [2.24, 2.45) is 12.0 Å². The van der Waals surface area contributed by atoms with Crippen molar-refractivity contribution in [1.29, 1.82) is 0 Å². The van der Waals surface area contributed by atoms with Gasteiger partial charge in [0.25, 0.3) is 0 Å². The van der Waals surface area contributed by atoms with E-state index in [9.17, 15) is 0 Å². The summed E-state index contributed by atoms with van der Waals surface area (Å²) in [5.74, 6) is 0.933. The van der Waals surface area contributed by atoms with Gasteiger partial charge >= 0.3 is 0 Å². The number of hydrogen-bond donors (Lipinski definition) is 1. The SMILES string of the molecule is CCNC(=NCCc1ccc(Cl)cc1)N(C)Cc1cccn1C.I. The Morgan fingerprint density at radius 3 is 2.54 bits per heavy atom. The molecule has 6 heteroatoms. The minimum atomic E-state index is 0. The molecule has 0 aliphatic heterocycles. The van der Waals surface area contributed by atoms with Gasteiger partial charge in [-0.1, -0.05) is 23.7 Å². The minimum absolute atomic E-state index is 0. The number of nitrogens with one attached hydrogen (secondary N) is 1. The van der Waals surface area contributed by atoms with Crippen LogP contribution in [-0.4, -0.2) is 35.6 Å². The van der Waals surface area contributed by atoms with E-state index in [0.29, 0.717) is 0 Å². The average molecular weight is 461 g/mol. The number of aryl methyl sites for hydroxylation is 1. The molecule has 1 aromatic heterocycles. The van der Waals surface area contributed by atoms with Gasteiger partial charge in [0, 0.05) is 44.1 Å². The molecule has 24 heavy (non-hydrogen) atoms. The molecular formula is C18H26ClIN4. The van der Waals surface area contributed by atoms with Crippen molar-refractivity contribution in [2.45, 2.75) is 19.9 Å². The number of aromatic nitrogens is 1. The first-order chi connectivity index (χ1) is 11.1. The van der Waals surface area contributed by atoms with E-state index in [0.717, 1.165) is 37.0 Å². The van der Waals surface area contributed by atoms with Crippen molar-refractivity contribution in [3.63, 3.8) is 0 Å². The van der Waals surface area contributed by atoms with Crippen LogP contribution in [0.5, 0.6) is 0 Å². The number of aliphatic imine (C=N–C) groups is 1. The van der Waals surface area contributed by atoms with Crippen molar-refractivity contribution in [1.82, 2.24) is 14.8 Å². The molecule has 0 saturated carbocycles. The third kappa shape index (κ3) is 6.36. The van der Waals surface area contributed by atoms with Crippen LogP contribution in [0.3, 0.4) is 0 Å².